The van der Waals surface area contributed by atoms with Gasteiger partial charge in [0, 0.05) is 7.47 Å². The van der Waals surface area contributed by atoms with Crippen LogP contribution in [0.15, 0.2) is 0 Å². The Morgan fingerprint density at radius 2 is 1.67 bits per heavy atom. The van der Waals surface area contributed by atoms with Crippen LogP contribution in [0.4, 0.5) is 0 Å². The first-order valence-corrected chi connectivity index (χ1v) is 7.87. The normalized spacial score (nSPS) is 26.7. The van der Waals surface area contributed by atoms with Crippen molar-refractivity contribution >= 4 is 10.0 Å². The van der Waals surface area contributed by atoms with Gasteiger partial charge in [-0.05, 0) is 31.6 Å². The molecule has 0 aliphatic heterocycles. The van der Waals surface area contributed by atoms with E-state index in [2.05, 4.69) is 11.6 Å². The second-order valence-corrected chi connectivity index (χ2v) is 5.80. The lowest BCUT2D eigenvalue weighted by molar-refractivity contribution is 0.306. The van der Waals surface area contributed by atoms with Crippen LogP contribution in [0.25, 0.3) is 0 Å². The fourth-order valence-corrected chi connectivity index (χ4v) is 2.83. The van der Waals surface area contributed by atoms with Crippen LogP contribution in [0.3, 0.4) is 0 Å². The Labute approximate surface area is 96.2 Å². The monoisotopic (exact) mass is 237 g/mol. The zero-order valence-corrected chi connectivity index (χ0v) is 11.2. The van der Waals surface area contributed by atoms with E-state index in [1.54, 1.807) is 0 Å². The third kappa shape index (κ3) is 6.90. The summed E-state index contributed by atoms with van der Waals surface area (Å²) in [6, 6.07) is 0.192. The van der Waals surface area contributed by atoms with E-state index in [9.17, 15) is 8.42 Å². The summed E-state index contributed by atoms with van der Waals surface area (Å²) >= 11 is 0. The van der Waals surface area contributed by atoms with Gasteiger partial charge in [0.1, 0.15) is 0 Å². The molecule has 1 saturated carbocycles. The molecule has 3 nitrogen and oxygen atoms in total. The van der Waals surface area contributed by atoms with Gasteiger partial charge >= 0.3 is 0 Å². The van der Waals surface area contributed by atoms with Gasteiger partial charge in [0.25, 0.3) is 0 Å². The van der Waals surface area contributed by atoms with E-state index in [0.29, 0.717) is 0 Å². The molecule has 0 saturated heterocycles. The van der Waals surface area contributed by atoms with Crippen LogP contribution < -0.4 is 4.72 Å². The summed E-state index contributed by atoms with van der Waals surface area (Å²) in [6.45, 7) is 6.20. The predicted octanol–water partition coefficient (Wildman–Crippen LogP) is 2.78. The topological polar surface area (TPSA) is 46.2 Å². The quantitative estimate of drug-likeness (QED) is 0.820. The van der Waals surface area contributed by atoms with Gasteiger partial charge in [-0.15, -0.1) is 0 Å². The van der Waals surface area contributed by atoms with Crippen LogP contribution in [0.2, 0.25) is 0 Å². The highest BCUT2D eigenvalue weighted by molar-refractivity contribution is 7.88. The highest BCUT2D eigenvalue weighted by Gasteiger charge is 2.21. The Kier molecular flexibility index (Phi) is 7.18. The minimum absolute atomic E-state index is 0. The second kappa shape index (κ2) is 7.23. The fourth-order valence-electron chi connectivity index (χ4n) is 1.99. The maximum Gasteiger partial charge on any atom is 0.208 e. The van der Waals surface area contributed by atoms with Crippen molar-refractivity contribution in [2.75, 3.05) is 6.26 Å². The Balaban J connectivity index is 0. The van der Waals surface area contributed by atoms with E-state index in [0.717, 1.165) is 18.8 Å². The summed E-state index contributed by atoms with van der Waals surface area (Å²) in [5.74, 6) is 0.817. The van der Waals surface area contributed by atoms with E-state index >= 15 is 0 Å². The molecule has 4 heteroatoms. The summed E-state index contributed by atoms with van der Waals surface area (Å²) in [5, 5.41) is 0. The molecule has 1 aliphatic rings. The Morgan fingerprint density at radius 3 is 2.00 bits per heavy atom. The van der Waals surface area contributed by atoms with Crippen molar-refractivity contribution in [1.82, 2.24) is 4.72 Å². The molecule has 0 spiro atoms. The highest BCUT2D eigenvalue weighted by Crippen LogP contribution is 2.26. The van der Waals surface area contributed by atoms with Gasteiger partial charge in [-0.2, -0.15) is 0 Å². The van der Waals surface area contributed by atoms with Crippen molar-refractivity contribution in [2.45, 2.75) is 58.9 Å². The maximum absolute atomic E-state index is 10.9. The molecule has 0 aromatic carbocycles. The molecule has 1 rings (SSSR count). The second-order valence-electron chi connectivity index (χ2n) is 4.02. The number of rotatable bonds is 3. The Hall–Kier alpha value is -0.0900. The summed E-state index contributed by atoms with van der Waals surface area (Å²) in [7, 11) is -3.00. The SMILES string of the molecule is CC.CCC1CCC(NS(C)(=O)=O)CC1.[HH]. The predicted molar refractivity (Wildman–Crippen MR) is 67.5 cm³/mol. The lowest BCUT2D eigenvalue weighted by atomic mass is 9.85. The minimum Gasteiger partial charge on any atom is -0.213 e. The average molecular weight is 237 g/mol. The van der Waals surface area contributed by atoms with Crippen molar-refractivity contribution in [3.63, 3.8) is 0 Å². The third-order valence-corrected chi connectivity index (χ3v) is 3.57. The first kappa shape index (κ1) is 14.9. The number of hydrogen-bond donors (Lipinski definition) is 1. The molecule has 0 bridgehead atoms. The Morgan fingerprint density at radius 1 is 1.20 bits per heavy atom. The number of hydrogen-bond acceptors (Lipinski definition) is 2. The maximum atomic E-state index is 10.9. The molecule has 0 radical (unpaired) electrons. The molecule has 15 heavy (non-hydrogen) atoms. The van der Waals surface area contributed by atoms with Crippen molar-refractivity contribution in [3.8, 4) is 0 Å². The molecule has 0 heterocycles. The average Bonchev–Trinajstić information content (AvgIpc) is 2.20. The van der Waals surface area contributed by atoms with Crippen LogP contribution in [0, 0.1) is 5.92 Å². The Bertz CT molecular complexity index is 247. The lowest BCUT2D eigenvalue weighted by Crippen LogP contribution is -2.36. The molecular weight excluding hydrogens is 210 g/mol. The molecule has 0 unspecified atom stereocenters. The van der Waals surface area contributed by atoms with Gasteiger partial charge in [0.15, 0.2) is 0 Å². The van der Waals surface area contributed by atoms with Crippen LogP contribution in [-0.2, 0) is 10.0 Å². The first-order valence-electron chi connectivity index (χ1n) is 5.98. The van der Waals surface area contributed by atoms with Gasteiger partial charge < -0.3 is 0 Å². The molecule has 0 aromatic rings. The first-order chi connectivity index (χ1) is 7.01. The number of sulfonamides is 1. The summed E-state index contributed by atoms with van der Waals surface area (Å²) in [6.07, 6.45) is 6.81. The van der Waals surface area contributed by atoms with Crippen LogP contribution in [0.5, 0.6) is 0 Å². The molecule has 0 atom stereocenters. The fraction of sp³-hybridized carbons (Fsp3) is 1.00. The van der Waals surface area contributed by atoms with Gasteiger partial charge in [0.05, 0.1) is 6.26 Å². The zero-order chi connectivity index (χ0) is 11.9. The largest absolute Gasteiger partial charge is 0.213 e. The summed E-state index contributed by atoms with van der Waals surface area (Å²) < 4.78 is 24.6. The molecular formula is C11H27NO2S. The molecule has 0 aromatic heterocycles. The lowest BCUT2D eigenvalue weighted by Gasteiger charge is -2.27. The molecule has 1 N–H and O–H groups in total. The van der Waals surface area contributed by atoms with Crippen molar-refractivity contribution in [2.24, 2.45) is 5.92 Å². The molecule has 0 amide bonds. The van der Waals surface area contributed by atoms with Gasteiger partial charge in [0.2, 0.25) is 10.0 Å². The van der Waals surface area contributed by atoms with E-state index in [-0.39, 0.29) is 7.47 Å². The van der Waals surface area contributed by atoms with Gasteiger partial charge in [-0.3, -0.25) is 0 Å². The van der Waals surface area contributed by atoms with E-state index in [1.807, 2.05) is 13.8 Å². The molecule has 1 fully saturated rings. The van der Waals surface area contributed by atoms with E-state index < -0.39 is 10.0 Å². The molecule has 1 aliphatic carbocycles. The third-order valence-electron chi connectivity index (χ3n) is 2.80. The van der Waals surface area contributed by atoms with Crippen molar-refractivity contribution in [1.29, 1.82) is 0 Å². The van der Waals surface area contributed by atoms with Gasteiger partial charge in [-0.1, -0.05) is 27.2 Å². The molecule has 94 valence electrons. The highest BCUT2D eigenvalue weighted by atomic mass is 32.2. The van der Waals surface area contributed by atoms with Crippen LogP contribution >= 0.6 is 0 Å². The van der Waals surface area contributed by atoms with Gasteiger partial charge in [-0.25, -0.2) is 13.1 Å². The van der Waals surface area contributed by atoms with Crippen LogP contribution in [-0.4, -0.2) is 20.7 Å². The zero-order valence-electron chi connectivity index (χ0n) is 10.4. The van der Waals surface area contributed by atoms with Crippen molar-refractivity contribution in [3.05, 3.63) is 0 Å². The summed E-state index contributed by atoms with van der Waals surface area (Å²) in [4.78, 5) is 0. The smallest absolute Gasteiger partial charge is 0.208 e. The number of nitrogens with one attached hydrogen (secondary N) is 1. The minimum atomic E-state index is -3.00. The van der Waals surface area contributed by atoms with Crippen LogP contribution in [0.1, 0.15) is 54.3 Å². The van der Waals surface area contributed by atoms with E-state index in [4.69, 9.17) is 0 Å². The van der Waals surface area contributed by atoms with Crippen molar-refractivity contribution < 1.29 is 9.84 Å². The standard InChI is InChI=1S/C9H19NO2S.C2H6.H2/c1-3-8-4-6-9(7-5-8)10-13(2,11)12;1-2;/h8-10H,3-7H2,1-2H3;1-2H3;1H. The van der Waals surface area contributed by atoms with E-state index in [1.165, 1.54) is 25.5 Å². The summed E-state index contributed by atoms with van der Waals surface area (Å²) in [5.41, 5.74) is 0.